The summed E-state index contributed by atoms with van der Waals surface area (Å²) in [5, 5.41) is 17.1. The van der Waals surface area contributed by atoms with E-state index in [9.17, 15) is 9.59 Å². The van der Waals surface area contributed by atoms with Crippen molar-refractivity contribution in [2.75, 3.05) is 16.4 Å². The van der Waals surface area contributed by atoms with Gasteiger partial charge in [0.25, 0.3) is 5.91 Å². The lowest BCUT2D eigenvalue weighted by atomic mass is 10.1. The van der Waals surface area contributed by atoms with E-state index in [1.165, 1.54) is 41.9 Å². The molecule has 0 radical (unpaired) electrons. The van der Waals surface area contributed by atoms with Crippen LogP contribution in [-0.4, -0.2) is 27.7 Å². The second kappa shape index (κ2) is 13.0. The molecule has 0 unspecified atom stereocenters. The van der Waals surface area contributed by atoms with Crippen LogP contribution in [0.2, 0.25) is 0 Å². The van der Waals surface area contributed by atoms with Gasteiger partial charge in [-0.25, -0.2) is 4.98 Å². The van der Waals surface area contributed by atoms with Crippen LogP contribution in [0.15, 0.2) is 58.8 Å². The van der Waals surface area contributed by atoms with Gasteiger partial charge in [-0.2, -0.15) is 0 Å². The van der Waals surface area contributed by atoms with E-state index in [1.54, 1.807) is 17.5 Å². The van der Waals surface area contributed by atoms with Gasteiger partial charge in [-0.3, -0.25) is 14.9 Å². The fourth-order valence-electron chi connectivity index (χ4n) is 3.19. The number of para-hydroxylation sites is 1. The smallest absolute Gasteiger partial charge is 0.309 e. The molecule has 0 aliphatic rings. The van der Waals surface area contributed by atoms with E-state index in [0.29, 0.717) is 22.9 Å². The van der Waals surface area contributed by atoms with Crippen LogP contribution in [0.4, 0.5) is 10.8 Å². The van der Waals surface area contributed by atoms with Gasteiger partial charge in [-0.15, -0.1) is 23.1 Å². The molecule has 1 amide bonds. The number of aliphatic carboxylic acids is 1. The average Bonchev–Trinajstić information content (AvgIpc) is 3.24. The minimum Gasteiger partial charge on any atom is -0.481 e. The third kappa shape index (κ3) is 8.22. The van der Waals surface area contributed by atoms with Crippen LogP contribution in [0, 0.1) is 0 Å². The first-order chi connectivity index (χ1) is 16.0. The van der Waals surface area contributed by atoms with Gasteiger partial charge in [-0.05, 0) is 42.0 Å². The van der Waals surface area contributed by atoms with Crippen LogP contribution in [0.5, 0.6) is 0 Å². The van der Waals surface area contributed by atoms with Gasteiger partial charge in [0.2, 0.25) is 0 Å². The number of rotatable bonds is 13. The minimum absolute atomic E-state index is 0.158. The number of thioether (sulfide) groups is 1. The number of aromatic nitrogens is 1. The zero-order chi connectivity index (χ0) is 23.5. The third-order valence-electron chi connectivity index (χ3n) is 4.95. The van der Waals surface area contributed by atoms with Gasteiger partial charge in [0, 0.05) is 28.1 Å². The molecular weight excluding hydrogens is 454 g/mol. The molecule has 3 aromatic rings. The van der Waals surface area contributed by atoms with Crippen molar-refractivity contribution in [3.8, 4) is 0 Å². The van der Waals surface area contributed by atoms with E-state index in [0.717, 1.165) is 17.0 Å². The van der Waals surface area contributed by atoms with E-state index < -0.39 is 5.97 Å². The molecule has 0 saturated carbocycles. The SMILES string of the molecule is CCCCCCSc1ccccc1NCc1ccc(C(=O)Nc2nc(CC(=O)O)cs2)cc1. The Morgan fingerprint density at radius 3 is 2.61 bits per heavy atom. The molecule has 1 heterocycles. The van der Waals surface area contributed by atoms with Gasteiger partial charge < -0.3 is 10.4 Å². The van der Waals surface area contributed by atoms with E-state index >= 15 is 0 Å². The molecule has 0 fully saturated rings. The lowest BCUT2D eigenvalue weighted by molar-refractivity contribution is -0.136. The molecular formula is C25H29N3O3S2. The lowest BCUT2D eigenvalue weighted by Gasteiger charge is -2.12. The molecule has 0 bridgehead atoms. The maximum absolute atomic E-state index is 12.5. The molecule has 3 rings (SSSR count). The van der Waals surface area contributed by atoms with Crippen LogP contribution < -0.4 is 10.6 Å². The normalized spacial score (nSPS) is 10.7. The first-order valence-corrected chi connectivity index (χ1v) is 12.9. The molecule has 33 heavy (non-hydrogen) atoms. The van der Waals surface area contributed by atoms with Crippen LogP contribution >= 0.6 is 23.1 Å². The first-order valence-electron chi connectivity index (χ1n) is 11.1. The van der Waals surface area contributed by atoms with Gasteiger partial charge in [0.05, 0.1) is 12.1 Å². The molecule has 1 aromatic heterocycles. The van der Waals surface area contributed by atoms with Crippen LogP contribution in [0.3, 0.4) is 0 Å². The van der Waals surface area contributed by atoms with Crippen molar-refractivity contribution < 1.29 is 14.7 Å². The number of amides is 1. The molecule has 0 spiro atoms. The second-order valence-electron chi connectivity index (χ2n) is 7.62. The van der Waals surface area contributed by atoms with E-state index in [1.807, 2.05) is 30.0 Å². The van der Waals surface area contributed by atoms with Gasteiger partial charge >= 0.3 is 5.97 Å². The van der Waals surface area contributed by atoms with Gasteiger partial charge in [-0.1, -0.05) is 50.5 Å². The number of nitrogens with zero attached hydrogens (tertiary/aromatic N) is 1. The zero-order valence-corrected chi connectivity index (χ0v) is 20.3. The molecule has 0 saturated heterocycles. The zero-order valence-electron chi connectivity index (χ0n) is 18.7. The molecule has 6 nitrogen and oxygen atoms in total. The number of hydrogen-bond acceptors (Lipinski definition) is 6. The summed E-state index contributed by atoms with van der Waals surface area (Å²) in [6, 6.07) is 15.8. The van der Waals surface area contributed by atoms with Crippen LogP contribution in [-0.2, 0) is 17.8 Å². The molecule has 0 atom stereocenters. The molecule has 0 aliphatic heterocycles. The van der Waals surface area contributed by atoms with Crippen molar-refractivity contribution in [3.63, 3.8) is 0 Å². The third-order valence-corrected chi connectivity index (χ3v) is 6.91. The predicted octanol–water partition coefficient (Wildman–Crippen LogP) is 6.31. The number of carboxylic acid groups (broad SMARTS) is 1. The second-order valence-corrected chi connectivity index (χ2v) is 9.62. The van der Waals surface area contributed by atoms with Gasteiger partial charge in [0.15, 0.2) is 5.13 Å². The lowest BCUT2D eigenvalue weighted by Crippen LogP contribution is -2.12. The molecule has 2 aromatic carbocycles. The monoisotopic (exact) mass is 483 g/mol. The van der Waals surface area contributed by atoms with Crippen molar-refractivity contribution in [2.45, 2.75) is 50.5 Å². The van der Waals surface area contributed by atoms with E-state index in [2.05, 4.69) is 40.7 Å². The topological polar surface area (TPSA) is 91.3 Å². The molecule has 8 heteroatoms. The highest BCUT2D eigenvalue weighted by Crippen LogP contribution is 2.28. The number of unbranched alkanes of at least 4 members (excludes halogenated alkanes) is 3. The summed E-state index contributed by atoms with van der Waals surface area (Å²) in [5.74, 6) is -0.0922. The Morgan fingerprint density at radius 2 is 1.85 bits per heavy atom. The van der Waals surface area contributed by atoms with Crippen molar-refractivity contribution in [1.82, 2.24) is 4.98 Å². The number of anilines is 2. The van der Waals surface area contributed by atoms with Crippen molar-refractivity contribution in [1.29, 1.82) is 0 Å². The minimum atomic E-state index is -0.949. The molecule has 174 valence electrons. The highest BCUT2D eigenvalue weighted by molar-refractivity contribution is 7.99. The van der Waals surface area contributed by atoms with Crippen molar-refractivity contribution >= 4 is 45.8 Å². The highest BCUT2D eigenvalue weighted by atomic mass is 32.2. The Morgan fingerprint density at radius 1 is 1.06 bits per heavy atom. The van der Waals surface area contributed by atoms with Crippen molar-refractivity contribution in [3.05, 3.63) is 70.7 Å². The summed E-state index contributed by atoms with van der Waals surface area (Å²) in [6.07, 6.45) is 4.91. The molecule has 0 aliphatic carbocycles. The summed E-state index contributed by atoms with van der Waals surface area (Å²) in [4.78, 5) is 28.6. The Kier molecular flexibility index (Phi) is 9.77. The Bertz CT molecular complexity index is 1050. The first kappa shape index (κ1) is 24.8. The highest BCUT2D eigenvalue weighted by Gasteiger charge is 2.11. The number of thiazole rings is 1. The number of nitrogens with one attached hydrogen (secondary N) is 2. The van der Waals surface area contributed by atoms with Crippen molar-refractivity contribution in [2.24, 2.45) is 0 Å². The maximum Gasteiger partial charge on any atom is 0.309 e. The summed E-state index contributed by atoms with van der Waals surface area (Å²) < 4.78 is 0. The Balaban J connectivity index is 1.51. The fraction of sp³-hybridized carbons (Fsp3) is 0.320. The predicted molar refractivity (Wildman–Crippen MR) is 136 cm³/mol. The summed E-state index contributed by atoms with van der Waals surface area (Å²) in [7, 11) is 0. The van der Waals surface area contributed by atoms with Crippen LogP contribution in [0.25, 0.3) is 0 Å². The van der Waals surface area contributed by atoms with Crippen LogP contribution in [0.1, 0.15) is 54.2 Å². The number of hydrogen-bond donors (Lipinski definition) is 3. The number of carboxylic acids is 1. The Labute approximate surface area is 202 Å². The molecule has 3 N–H and O–H groups in total. The standard InChI is InChI=1S/C25H29N3O3S2/c1-2-3-4-7-14-32-22-9-6-5-8-21(22)26-16-18-10-12-19(13-11-18)24(31)28-25-27-20(17-33-25)15-23(29)30/h5-6,8-13,17,26H,2-4,7,14-16H2,1H3,(H,29,30)(H,27,28,31). The Hall–Kier alpha value is -2.84. The number of carbonyl (C=O) groups excluding carboxylic acids is 1. The summed E-state index contributed by atoms with van der Waals surface area (Å²) >= 11 is 3.11. The summed E-state index contributed by atoms with van der Waals surface area (Å²) in [6.45, 7) is 2.89. The van der Waals surface area contributed by atoms with Gasteiger partial charge in [0.1, 0.15) is 0 Å². The quantitative estimate of drug-likeness (QED) is 0.195. The van der Waals surface area contributed by atoms with E-state index in [-0.39, 0.29) is 12.3 Å². The van der Waals surface area contributed by atoms with E-state index in [4.69, 9.17) is 5.11 Å². The average molecular weight is 484 g/mol. The largest absolute Gasteiger partial charge is 0.481 e. The fourth-order valence-corrected chi connectivity index (χ4v) is 4.93. The number of carbonyl (C=O) groups is 2. The maximum atomic E-state index is 12.5. The summed E-state index contributed by atoms with van der Waals surface area (Å²) in [5.41, 5.74) is 3.16. The number of benzene rings is 2.